The molecule has 3 atom stereocenters. The number of hydrogen-bond donors (Lipinski definition) is 2. The highest BCUT2D eigenvalue weighted by molar-refractivity contribution is 7.99. The fraction of sp³-hybridized carbons (Fsp3) is 0.944. The summed E-state index contributed by atoms with van der Waals surface area (Å²) in [4.78, 5) is 11.6. The molecule has 0 aromatic carbocycles. The molecule has 0 aliphatic heterocycles. The number of methoxy groups -OCH3 is 1. The van der Waals surface area contributed by atoms with Crippen LogP contribution in [-0.4, -0.2) is 55.0 Å². The topological polar surface area (TPSA) is 59.6 Å². The third-order valence-corrected chi connectivity index (χ3v) is 5.26. The van der Waals surface area contributed by atoms with Crippen LogP contribution in [0, 0.1) is 0 Å². The largest absolute Gasteiger partial charge is 0.444 e. The molecule has 0 bridgehead atoms. The minimum absolute atomic E-state index is 0.339. The highest BCUT2D eigenvalue weighted by atomic mass is 32.2. The fourth-order valence-electron chi connectivity index (χ4n) is 3.08. The van der Waals surface area contributed by atoms with Gasteiger partial charge in [0, 0.05) is 31.0 Å². The Bertz CT molecular complexity index is 361. The van der Waals surface area contributed by atoms with Gasteiger partial charge in [-0.3, -0.25) is 0 Å². The third kappa shape index (κ3) is 9.74. The van der Waals surface area contributed by atoms with Crippen LogP contribution in [0.15, 0.2) is 0 Å². The fourth-order valence-corrected chi connectivity index (χ4v) is 4.22. The number of thioether (sulfide) groups is 1. The lowest BCUT2D eigenvalue weighted by Crippen LogP contribution is -2.40. The van der Waals surface area contributed by atoms with Crippen LogP contribution in [0.2, 0.25) is 0 Å². The monoisotopic (exact) mass is 360 g/mol. The van der Waals surface area contributed by atoms with Crippen LogP contribution in [0.5, 0.6) is 0 Å². The zero-order valence-corrected chi connectivity index (χ0v) is 16.8. The number of rotatable bonds is 10. The van der Waals surface area contributed by atoms with E-state index in [2.05, 4.69) is 29.3 Å². The maximum atomic E-state index is 11.6. The molecule has 1 aliphatic rings. The Labute approximate surface area is 152 Å². The van der Waals surface area contributed by atoms with E-state index in [1.54, 1.807) is 7.11 Å². The Hall–Kier alpha value is -0.460. The van der Waals surface area contributed by atoms with Crippen molar-refractivity contribution in [1.29, 1.82) is 0 Å². The first kappa shape index (κ1) is 21.6. The van der Waals surface area contributed by atoms with Crippen LogP contribution >= 0.6 is 11.8 Å². The molecule has 1 aliphatic carbocycles. The summed E-state index contributed by atoms with van der Waals surface area (Å²) in [5.74, 6) is 1.20. The maximum Gasteiger partial charge on any atom is 0.407 e. The summed E-state index contributed by atoms with van der Waals surface area (Å²) in [7, 11) is 1.75. The van der Waals surface area contributed by atoms with Gasteiger partial charge in [-0.1, -0.05) is 6.92 Å². The molecule has 0 aromatic rings. The first-order chi connectivity index (χ1) is 11.3. The van der Waals surface area contributed by atoms with E-state index >= 15 is 0 Å². The molecule has 0 heterocycles. The second kappa shape index (κ2) is 11.2. The Balaban J connectivity index is 2.22. The van der Waals surface area contributed by atoms with Gasteiger partial charge in [0.25, 0.3) is 0 Å². The normalized spacial score (nSPS) is 22.4. The molecule has 5 nitrogen and oxygen atoms in total. The summed E-state index contributed by atoms with van der Waals surface area (Å²) in [5.41, 5.74) is -0.445. The Morgan fingerprint density at radius 1 is 1.33 bits per heavy atom. The molecule has 6 heteroatoms. The minimum atomic E-state index is -0.445. The van der Waals surface area contributed by atoms with Gasteiger partial charge < -0.3 is 20.1 Å². The minimum Gasteiger partial charge on any atom is -0.444 e. The molecule has 24 heavy (non-hydrogen) atoms. The summed E-state index contributed by atoms with van der Waals surface area (Å²) in [6, 6.07) is 0.957. The summed E-state index contributed by atoms with van der Waals surface area (Å²) in [6.45, 7) is 9.20. The van der Waals surface area contributed by atoms with Crippen LogP contribution in [0.25, 0.3) is 0 Å². The summed E-state index contributed by atoms with van der Waals surface area (Å²) in [6.07, 6.45) is 5.40. The van der Waals surface area contributed by atoms with E-state index in [1.807, 2.05) is 20.8 Å². The van der Waals surface area contributed by atoms with Gasteiger partial charge in [0.2, 0.25) is 0 Å². The first-order valence-corrected chi connectivity index (χ1v) is 10.2. The predicted molar refractivity (Wildman–Crippen MR) is 102 cm³/mol. The van der Waals surface area contributed by atoms with Crippen LogP contribution < -0.4 is 10.6 Å². The van der Waals surface area contributed by atoms with Crippen LogP contribution in [-0.2, 0) is 9.47 Å². The molecular formula is C18H36N2O3S. The van der Waals surface area contributed by atoms with Crippen molar-refractivity contribution in [3.05, 3.63) is 0 Å². The van der Waals surface area contributed by atoms with Gasteiger partial charge in [0.05, 0.1) is 6.61 Å². The number of amides is 1. The molecule has 0 spiro atoms. The van der Waals surface area contributed by atoms with Crippen LogP contribution in [0.4, 0.5) is 4.79 Å². The lowest BCUT2D eigenvalue weighted by molar-refractivity contribution is 0.0526. The first-order valence-electron chi connectivity index (χ1n) is 9.17. The van der Waals surface area contributed by atoms with Crippen molar-refractivity contribution in [3.63, 3.8) is 0 Å². The van der Waals surface area contributed by atoms with Crippen LogP contribution in [0.3, 0.4) is 0 Å². The third-order valence-electron chi connectivity index (χ3n) is 4.02. The molecule has 1 saturated carbocycles. The smallest absolute Gasteiger partial charge is 0.407 e. The number of carbonyl (C=O) groups excluding carboxylic acids is 1. The van der Waals surface area contributed by atoms with Gasteiger partial charge in [-0.25, -0.2) is 4.79 Å². The van der Waals surface area contributed by atoms with Crippen molar-refractivity contribution in [2.45, 2.75) is 82.7 Å². The van der Waals surface area contributed by atoms with Crippen molar-refractivity contribution in [2.75, 3.05) is 26.0 Å². The maximum absolute atomic E-state index is 11.6. The Morgan fingerprint density at radius 3 is 2.71 bits per heavy atom. The molecule has 3 unspecified atom stereocenters. The molecular weight excluding hydrogens is 324 g/mol. The number of alkyl carbamates (subject to hydrolysis) is 1. The van der Waals surface area contributed by atoms with E-state index < -0.39 is 5.60 Å². The van der Waals surface area contributed by atoms with E-state index in [0.717, 1.165) is 18.1 Å². The van der Waals surface area contributed by atoms with E-state index in [4.69, 9.17) is 9.47 Å². The average Bonchev–Trinajstić information content (AvgIpc) is 2.89. The molecule has 0 radical (unpaired) electrons. The number of ether oxygens (including phenoxy) is 2. The van der Waals surface area contributed by atoms with Gasteiger partial charge in [-0.15, -0.1) is 0 Å². The zero-order chi connectivity index (χ0) is 18.0. The quantitative estimate of drug-likeness (QED) is 0.583. The van der Waals surface area contributed by atoms with Crippen molar-refractivity contribution >= 4 is 17.9 Å². The molecule has 1 amide bonds. The lowest BCUT2D eigenvalue weighted by Gasteiger charge is -2.23. The molecule has 1 fully saturated rings. The highest BCUT2D eigenvalue weighted by Crippen LogP contribution is 2.30. The van der Waals surface area contributed by atoms with Crippen molar-refractivity contribution < 1.29 is 14.3 Å². The number of nitrogens with one attached hydrogen (secondary N) is 2. The second-order valence-electron chi connectivity index (χ2n) is 7.48. The van der Waals surface area contributed by atoms with Gasteiger partial charge in [-0.05, 0) is 58.6 Å². The van der Waals surface area contributed by atoms with Crippen molar-refractivity contribution in [1.82, 2.24) is 10.6 Å². The molecule has 1 rings (SSSR count). The standard InChI is InChI=1S/C18H36N2O3S/c1-6-24-16-10-9-14(12-16)20-15(13-22-5)8-7-11-19-17(21)23-18(2,3)4/h14-16,20H,6-13H2,1-5H3,(H,19,21). The summed E-state index contributed by atoms with van der Waals surface area (Å²) in [5, 5.41) is 7.38. The summed E-state index contributed by atoms with van der Waals surface area (Å²) < 4.78 is 10.6. The SMILES string of the molecule is CCSC1CCC(NC(CCCNC(=O)OC(C)(C)C)COC)C1. The van der Waals surface area contributed by atoms with Gasteiger partial charge in [0.1, 0.15) is 5.60 Å². The Kier molecular flexibility index (Phi) is 10.1. The van der Waals surface area contributed by atoms with Gasteiger partial charge >= 0.3 is 6.09 Å². The van der Waals surface area contributed by atoms with Crippen LogP contribution in [0.1, 0.15) is 59.8 Å². The predicted octanol–water partition coefficient (Wildman–Crippen LogP) is 3.57. The molecule has 2 N–H and O–H groups in total. The van der Waals surface area contributed by atoms with E-state index in [9.17, 15) is 4.79 Å². The van der Waals surface area contributed by atoms with E-state index in [-0.39, 0.29) is 6.09 Å². The molecule has 142 valence electrons. The number of carbonyl (C=O) groups is 1. The van der Waals surface area contributed by atoms with E-state index in [1.165, 1.54) is 25.0 Å². The molecule has 0 aromatic heterocycles. The zero-order valence-electron chi connectivity index (χ0n) is 16.0. The summed E-state index contributed by atoms with van der Waals surface area (Å²) >= 11 is 2.08. The van der Waals surface area contributed by atoms with Gasteiger partial charge in [-0.2, -0.15) is 11.8 Å². The van der Waals surface area contributed by atoms with Crippen molar-refractivity contribution in [3.8, 4) is 0 Å². The lowest BCUT2D eigenvalue weighted by atomic mass is 10.1. The average molecular weight is 361 g/mol. The molecule has 0 saturated heterocycles. The number of hydrogen-bond acceptors (Lipinski definition) is 5. The highest BCUT2D eigenvalue weighted by Gasteiger charge is 2.26. The van der Waals surface area contributed by atoms with Gasteiger partial charge in [0.15, 0.2) is 0 Å². The Morgan fingerprint density at radius 2 is 2.08 bits per heavy atom. The van der Waals surface area contributed by atoms with E-state index in [0.29, 0.717) is 25.2 Å². The van der Waals surface area contributed by atoms with Crippen molar-refractivity contribution in [2.24, 2.45) is 0 Å². The second-order valence-corrected chi connectivity index (χ2v) is 9.05.